The lowest BCUT2D eigenvalue weighted by Gasteiger charge is -2.09. The van der Waals surface area contributed by atoms with Crippen LogP contribution in [0.4, 0.5) is 21.6 Å². The topological polar surface area (TPSA) is 80.3 Å². The number of nitrogens with zero attached hydrogens (tertiary/aromatic N) is 1. The monoisotopic (exact) mass is 379 g/mol. The molecule has 6 nitrogen and oxygen atoms in total. The number of anilines is 3. The zero-order valence-corrected chi connectivity index (χ0v) is 15.1. The highest BCUT2D eigenvalue weighted by Gasteiger charge is 2.09. The SMILES string of the molecule is COC(=O)c1ccc(Nc2ccc(NC(=O)Cc3ccccc3F)nc2)cc1. The molecular formula is C21H18FN3O3. The Morgan fingerprint density at radius 2 is 1.71 bits per heavy atom. The van der Waals surface area contributed by atoms with Crippen molar-refractivity contribution in [2.24, 2.45) is 0 Å². The Morgan fingerprint density at radius 3 is 2.36 bits per heavy atom. The molecule has 1 heterocycles. The van der Waals surface area contributed by atoms with Crippen molar-refractivity contribution in [1.29, 1.82) is 0 Å². The van der Waals surface area contributed by atoms with E-state index in [1.54, 1.807) is 60.8 Å². The number of ether oxygens (including phenoxy) is 1. The third-order valence-electron chi connectivity index (χ3n) is 3.93. The van der Waals surface area contributed by atoms with Crippen molar-refractivity contribution < 1.29 is 18.7 Å². The molecule has 0 aliphatic rings. The van der Waals surface area contributed by atoms with E-state index in [0.29, 0.717) is 22.6 Å². The van der Waals surface area contributed by atoms with E-state index >= 15 is 0 Å². The molecule has 0 fully saturated rings. The molecule has 2 aromatic carbocycles. The number of halogens is 1. The van der Waals surface area contributed by atoms with Gasteiger partial charge in [-0.2, -0.15) is 0 Å². The summed E-state index contributed by atoms with van der Waals surface area (Å²) in [4.78, 5) is 27.7. The summed E-state index contributed by atoms with van der Waals surface area (Å²) in [7, 11) is 1.33. The predicted octanol–water partition coefficient (Wildman–Crippen LogP) is 3.93. The second-order valence-corrected chi connectivity index (χ2v) is 5.94. The van der Waals surface area contributed by atoms with E-state index in [2.05, 4.69) is 20.4 Å². The fourth-order valence-corrected chi connectivity index (χ4v) is 2.52. The Hall–Kier alpha value is -3.74. The highest BCUT2D eigenvalue weighted by Crippen LogP contribution is 2.18. The molecule has 0 saturated carbocycles. The minimum absolute atomic E-state index is 0.0686. The number of hydrogen-bond donors (Lipinski definition) is 2. The minimum atomic E-state index is -0.414. The summed E-state index contributed by atoms with van der Waals surface area (Å²) in [5.74, 6) is -0.795. The normalized spacial score (nSPS) is 10.2. The van der Waals surface area contributed by atoms with Crippen LogP contribution >= 0.6 is 0 Å². The lowest BCUT2D eigenvalue weighted by Crippen LogP contribution is -2.16. The number of amides is 1. The molecule has 1 amide bonds. The molecule has 0 unspecified atom stereocenters. The van der Waals surface area contributed by atoms with Crippen LogP contribution < -0.4 is 10.6 Å². The van der Waals surface area contributed by atoms with Gasteiger partial charge in [-0.05, 0) is 48.0 Å². The number of aromatic nitrogens is 1. The smallest absolute Gasteiger partial charge is 0.337 e. The Morgan fingerprint density at radius 1 is 1.00 bits per heavy atom. The third kappa shape index (κ3) is 4.91. The van der Waals surface area contributed by atoms with E-state index in [4.69, 9.17) is 0 Å². The van der Waals surface area contributed by atoms with Gasteiger partial charge in [0.1, 0.15) is 11.6 Å². The number of rotatable bonds is 6. The summed E-state index contributed by atoms with van der Waals surface area (Å²) in [6.07, 6.45) is 1.49. The zero-order chi connectivity index (χ0) is 19.9. The maximum absolute atomic E-state index is 13.6. The highest BCUT2D eigenvalue weighted by molar-refractivity contribution is 5.91. The Bertz CT molecular complexity index is 973. The van der Waals surface area contributed by atoms with Crippen molar-refractivity contribution in [2.75, 3.05) is 17.7 Å². The van der Waals surface area contributed by atoms with Gasteiger partial charge in [-0.25, -0.2) is 14.2 Å². The maximum Gasteiger partial charge on any atom is 0.337 e. The van der Waals surface area contributed by atoms with E-state index in [-0.39, 0.29) is 12.3 Å². The van der Waals surface area contributed by atoms with E-state index in [1.807, 2.05) is 0 Å². The van der Waals surface area contributed by atoms with Gasteiger partial charge in [0.2, 0.25) is 5.91 Å². The summed E-state index contributed by atoms with van der Waals surface area (Å²) in [6, 6.07) is 16.3. The third-order valence-corrected chi connectivity index (χ3v) is 3.93. The van der Waals surface area contributed by atoms with Crippen LogP contribution in [0.5, 0.6) is 0 Å². The fourth-order valence-electron chi connectivity index (χ4n) is 2.52. The molecule has 0 radical (unpaired) electrons. The van der Waals surface area contributed by atoms with Gasteiger partial charge in [-0.3, -0.25) is 4.79 Å². The van der Waals surface area contributed by atoms with E-state index in [0.717, 1.165) is 5.69 Å². The minimum Gasteiger partial charge on any atom is -0.465 e. The summed E-state index contributed by atoms with van der Waals surface area (Å²) in [6.45, 7) is 0. The number of carbonyl (C=O) groups is 2. The lowest BCUT2D eigenvalue weighted by molar-refractivity contribution is -0.115. The Kier molecular flexibility index (Phi) is 5.96. The van der Waals surface area contributed by atoms with Crippen LogP contribution in [0.15, 0.2) is 66.9 Å². The molecule has 7 heteroatoms. The van der Waals surface area contributed by atoms with Gasteiger partial charge in [0, 0.05) is 5.69 Å². The molecule has 3 rings (SSSR count). The van der Waals surface area contributed by atoms with Gasteiger partial charge in [-0.1, -0.05) is 18.2 Å². The first-order valence-corrected chi connectivity index (χ1v) is 8.50. The predicted molar refractivity (Wildman–Crippen MR) is 104 cm³/mol. The first kappa shape index (κ1) is 19.0. The zero-order valence-electron chi connectivity index (χ0n) is 15.1. The van der Waals surface area contributed by atoms with E-state index in [9.17, 15) is 14.0 Å². The number of methoxy groups -OCH3 is 1. The molecule has 0 aliphatic carbocycles. The van der Waals surface area contributed by atoms with Crippen LogP contribution in [0, 0.1) is 5.82 Å². The molecule has 28 heavy (non-hydrogen) atoms. The highest BCUT2D eigenvalue weighted by atomic mass is 19.1. The van der Waals surface area contributed by atoms with Crippen molar-refractivity contribution in [3.8, 4) is 0 Å². The second kappa shape index (κ2) is 8.77. The van der Waals surface area contributed by atoms with Crippen LogP contribution in [0.2, 0.25) is 0 Å². The quantitative estimate of drug-likeness (QED) is 0.635. The number of carbonyl (C=O) groups excluding carboxylic acids is 2. The number of esters is 1. The van der Waals surface area contributed by atoms with Crippen molar-refractivity contribution in [3.63, 3.8) is 0 Å². The fraction of sp³-hybridized carbons (Fsp3) is 0.0952. The van der Waals surface area contributed by atoms with Crippen LogP contribution in [0.1, 0.15) is 15.9 Å². The van der Waals surface area contributed by atoms with Crippen molar-refractivity contribution in [1.82, 2.24) is 4.98 Å². The van der Waals surface area contributed by atoms with Gasteiger partial charge in [-0.15, -0.1) is 0 Å². The molecule has 0 atom stereocenters. The average molecular weight is 379 g/mol. The van der Waals surface area contributed by atoms with E-state index in [1.165, 1.54) is 13.2 Å². The number of nitrogens with one attached hydrogen (secondary N) is 2. The van der Waals surface area contributed by atoms with Crippen molar-refractivity contribution in [3.05, 3.63) is 83.8 Å². The van der Waals surface area contributed by atoms with Crippen molar-refractivity contribution in [2.45, 2.75) is 6.42 Å². The molecule has 0 saturated heterocycles. The van der Waals surface area contributed by atoms with Crippen LogP contribution in [-0.2, 0) is 16.0 Å². The Balaban J connectivity index is 1.58. The van der Waals surface area contributed by atoms with Crippen molar-refractivity contribution >= 4 is 29.1 Å². The molecule has 2 N–H and O–H groups in total. The molecule has 142 valence electrons. The Labute approximate surface area is 161 Å². The van der Waals surface area contributed by atoms with Crippen LogP contribution in [0.25, 0.3) is 0 Å². The summed E-state index contributed by atoms with van der Waals surface area (Å²) in [5, 5.41) is 5.78. The molecular weight excluding hydrogens is 361 g/mol. The number of benzene rings is 2. The van der Waals surface area contributed by atoms with Gasteiger partial charge < -0.3 is 15.4 Å². The maximum atomic E-state index is 13.6. The van der Waals surface area contributed by atoms with Gasteiger partial charge >= 0.3 is 5.97 Å². The summed E-state index contributed by atoms with van der Waals surface area (Å²) < 4.78 is 18.3. The standard InChI is InChI=1S/C21H18FN3O3/c1-28-21(27)14-6-8-16(9-7-14)24-17-10-11-19(23-13-17)25-20(26)12-15-4-2-3-5-18(15)22/h2-11,13,24H,12H2,1H3,(H,23,25,26). The lowest BCUT2D eigenvalue weighted by atomic mass is 10.1. The van der Waals surface area contributed by atoms with Crippen LogP contribution in [-0.4, -0.2) is 24.0 Å². The summed E-state index contributed by atoms with van der Waals surface area (Å²) in [5.41, 5.74) is 2.26. The first-order chi connectivity index (χ1) is 13.5. The first-order valence-electron chi connectivity index (χ1n) is 8.50. The van der Waals surface area contributed by atoms with E-state index < -0.39 is 11.8 Å². The van der Waals surface area contributed by atoms with Crippen LogP contribution in [0.3, 0.4) is 0 Å². The van der Waals surface area contributed by atoms with Gasteiger partial charge in [0.05, 0.1) is 31.0 Å². The second-order valence-electron chi connectivity index (χ2n) is 5.94. The summed E-state index contributed by atoms with van der Waals surface area (Å²) >= 11 is 0. The molecule has 1 aromatic heterocycles. The largest absolute Gasteiger partial charge is 0.465 e. The molecule has 0 spiro atoms. The average Bonchev–Trinajstić information content (AvgIpc) is 2.71. The molecule has 0 aliphatic heterocycles. The van der Waals surface area contributed by atoms with Gasteiger partial charge in [0.15, 0.2) is 0 Å². The number of pyridine rings is 1. The molecule has 0 bridgehead atoms. The van der Waals surface area contributed by atoms with Gasteiger partial charge in [0.25, 0.3) is 0 Å². The number of hydrogen-bond acceptors (Lipinski definition) is 5. The molecule has 3 aromatic rings.